The molecule has 4 heteroatoms. The number of carbonyl (C=O) groups excluding carboxylic acids is 1. The molecule has 1 saturated carbocycles. The molecule has 4 nitrogen and oxygen atoms in total. The van der Waals surface area contributed by atoms with Gasteiger partial charge in [-0.05, 0) is 36.8 Å². The van der Waals surface area contributed by atoms with Crippen LogP contribution in [0.4, 0.5) is 0 Å². The molecule has 1 N–H and O–H groups in total. The molecule has 3 rings (SSSR count). The number of hydrogen-bond donors (Lipinski definition) is 1. The fourth-order valence-electron chi connectivity index (χ4n) is 2.61. The molecular formula is C17H18N2O2. The van der Waals surface area contributed by atoms with Crippen LogP contribution >= 0.6 is 0 Å². The Bertz CT molecular complexity index is 757. The van der Waals surface area contributed by atoms with Crippen molar-refractivity contribution in [2.75, 3.05) is 0 Å². The molecule has 1 aliphatic carbocycles. The number of carbonyl (C=O) groups is 1. The van der Waals surface area contributed by atoms with E-state index in [1.807, 2.05) is 18.2 Å². The lowest BCUT2D eigenvalue weighted by atomic mass is 9.93. The number of benzene rings is 1. The molecule has 0 spiro atoms. The highest BCUT2D eigenvalue weighted by atomic mass is 16.2. The Labute approximate surface area is 123 Å². The summed E-state index contributed by atoms with van der Waals surface area (Å²) in [5.41, 5.74) is 0.261. The summed E-state index contributed by atoms with van der Waals surface area (Å²) in [6.45, 7) is 4.00. The fraction of sp³-hybridized carbons (Fsp3) is 0.294. The third kappa shape index (κ3) is 2.49. The molecule has 1 aliphatic rings. The van der Waals surface area contributed by atoms with Crippen molar-refractivity contribution in [2.45, 2.75) is 31.8 Å². The molecule has 0 aliphatic heterocycles. The van der Waals surface area contributed by atoms with Gasteiger partial charge in [0.05, 0.1) is 0 Å². The molecule has 1 fully saturated rings. The maximum Gasteiger partial charge on any atom is 0.268 e. The van der Waals surface area contributed by atoms with Gasteiger partial charge in [-0.1, -0.05) is 24.3 Å². The van der Waals surface area contributed by atoms with Crippen LogP contribution in [0.2, 0.25) is 0 Å². The van der Waals surface area contributed by atoms with Crippen LogP contribution in [-0.4, -0.2) is 16.5 Å². The van der Waals surface area contributed by atoms with E-state index in [0.717, 1.165) is 24.6 Å². The van der Waals surface area contributed by atoms with E-state index < -0.39 is 0 Å². The Hall–Kier alpha value is -2.36. The van der Waals surface area contributed by atoms with E-state index in [4.69, 9.17) is 0 Å². The van der Waals surface area contributed by atoms with Crippen LogP contribution in [0.5, 0.6) is 0 Å². The number of fused-ring (bicyclic) bond motifs is 1. The number of rotatable bonds is 4. The van der Waals surface area contributed by atoms with Crippen molar-refractivity contribution in [3.8, 4) is 0 Å². The van der Waals surface area contributed by atoms with Gasteiger partial charge in [0.15, 0.2) is 0 Å². The van der Waals surface area contributed by atoms with Crippen molar-refractivity contribution >= 4 is 16.7 Å². The zero-order valence-corrected chi connectivity index (χ0v) is 11.8. The Kier molecular flexibility index (Phi) is 3.60. The number of amides is 1. The molecule has 0 bridgehead atoms. The number of hydrogen-bond acceptors (Lipinski definition) is 2. The van der Waals surface area contributed by atoms with Gasteiger partial charge < -0.3 is 5.32 Å². The quantitative estimate of drug-likeness (QED) is 0.876. The van der Waals surface area contributed by atoms with E-state index in [1.54, 1.807) is 18.2 Å². The molecule has 0 radical (unpaired) electrons. The second kappa shape index (κ2) is 5.56. The van der Waals surface area contributed by atoms with Crippen molar-refractivity contribution in [3.05, 3.63) is 59.0 Å². The van der Waals surface area contributed by atoms with E-state index in [9.17, 15) is 9.59 Å². The predicted molar refractivity (Wildman–Crippen MR) is 83.5 cm³/mol. The van der Waals surface area contributed by atoms with Crippen molar-refractivity contribution in [3.63, 3.8) is 0 Å². The average Bonchev–Trinajstić information content (AvgIpc) is 2.45. The highest BCUT2D eigenvalue weighted by molar-refractivity contribution is 5.96. The van der Waals surface area contributed by atoms with Gasteiger partial charge in [0.1, 0.15) is 5.69 Å². The second-order valence-corrected chi connectivity index (χ2v) is 5.42. The Morgan fingerprint density at radius 1 is 1.38 bits per heavy atom. The highest BCUT2D eigenvalue weighted by Crippen LogP contribution is 2.19. The van der Waals surface area contributed by atoms with Crippen LogP contribution in [0.25, 0.3) is 10.8 Å². The maximum atomic E-state index is 12.5. The largest absolute Gasteiger partial charge is 0.348 e. The van der Waals surface area contributed by atoms with Gasteiger partial charge in [0, 0.05) is 18.0 Å². The number of allylic oxidation sites excluding steroid dienone is 1. The minimum atomic E-state index is -0.176. The first-order valence-corrected chi connectivity index (χ1v) is 7.25. The molecular weight excluding hydrogens is 264 g/mol. The van der Waals surface area contributed by atoms with E-state index in [1.165, 1.54) is 4.57 Å². The molecule has 2 aromatic rings. The summed E-state index contributed by atoms with van der Waals surface area (Å²) >= 11 is 0. The lowest BCUT2D eigenvalue weighted by Crippen LogP contribution is -2.41. The third-order valence-electron chi connectivity index (χ3n) is 4.00. The van der Waals surface area contributed by atoms with Crippen LogP contribution in [0, 0.1) is 0 Å². The van der Waals surface area contributed by atoms with Crippen molar-refractivity contribution in [2.24, 2.45) is 0 Å². The minimum absolute atomic E-state index is 0.147. The topological polar surface area (TPSA) is 51.1 Å². The summed E-state index contributed by atoms with van der Waals surface area (Å²) in [4.78, 5) is 25.0. The lowest BCUT2D eigenvalue weighted by Gasteiger charge is -2.27. The van der Waals surface area contributed by atoms with Crippen LogP contribution in [0.15, 0.2) is 47.8 Å². The molecule has 21 heavy (non-hydrogen) atoms. The van der Waals surface area contributed by atoms with Gasteiger partial charge in [0.2, 0.25) is 0 Å². The monoisotopic (exact) mass is 282 g/mol. The van der Waals surface area contributed by atoms with Crippen molar-refractivity contribution in [1.82, 2.24) is 9.88 Å². The summed E-state index contributed by atoms with van der Waals surface area (Å²) in [6.07, 6.45) is 4.83. The molecule has 1 aromatic carbocycles. The van der Waals surface area contributed by atoms with Crippen LogP contribution < -0.4 is 10.9 Å². The standard InChI is InChI=1S/C17H18N2O2/c1-2-10-19-15(16(20)18-13-7-5-8-13)11-12-6-3-4-9-14(12)17(19)21/h2-4,6,9,11,13H,1,5,7-8,10H2,(H,18,20). The summed E-state index contributed by atoms with van der Waals surface area (Å²) < 4.78 is 1.49. The van der Waals surface area contributed by atoms with Gasteiger partial charge in [-0.25, -0.2) is 0 Å². The molecule has 0 saturated heterocycles. The zero-order chi connectivity index (χ0) is 14.8. The molecule has 0 atom stereocenters. The van der Waals surface area contributed by atoms with E-state index in [-0.39, 0.29) is 17.5 Å². The number of aromatic nitrogens is 1. The SMILES string of the molecule is C=CCn1c(C(=O)NC2CCC2)cc2ccccc2c1=O. The number of pyridine rings is 1. The first kappa shape index (κ1) is 13.6. The summed E-state index contributed by atoms with van der Waals surface area (Å²) in [5, 5.41) is 4.41. The van der Waals surface area contributed by atoms with Gasteiger partial charge in [0.25, 0.3) is 11.5 Å². The van der Waals surface area contributed by atoms with Gasteiger partial charge in [-0.15, -0.1) is 6.58 Å². The van der Waals surface area contributed by atoms with Crippen LogP contribution in [0.1, 0.15) is 29.8 Å². The Morgan fingerprint density at radius 3 is 2.81 bits per heavy atom. The summed E-state index contributed by atoms with van der Waals surface area (Å²) in [5.74, 6) is -0.176. The number of nitrogens with one attached hydrogen (secondary N) is 1. The number of nitrogens with zero attached hydrogens (tertiary/aromatic N) is 1. The highest BCUT2D eigenvalue weighted by Gasteiger charge is 2.22. The smallest absolute Gasteiger partial charge is 0.268 e. The average molecular weight is 282 g/mol. The molecule has 0 unspecified atom stereocenters. The fourth-order valence-corrected chi connectivity index (χ4v) is 2.61. The molecule has 1 aromatic heterocycles. The Balaban J connectivity index is 2.10. The molecule has 108 valence electrons. The van der Waals surface area contributed by atoms with E-state index >= 15 is 0 Å². The van der Waals surface area contributed by atoms with E-state index in [0.29, 0.717) is 17.6 Å². The van der Waals surface area contributed by atoms with Gasteiger partial charge >= 0.3 is 0 Å². The summed E-state index contributed by atoms with van der Waals surface area (Å²) in [7, 11) is 0. The van der Waals surface area contributed by atoms with Crippen LogP contribution in [-0.2, 0) is 6.54 Å². The first-order valence-electron chi connectivity index (χ1n) is 7.25. The normalized spacial score (nSPS) is 14.7. The van der Waals surface area contributed by atoms with Crippen molar-refractivity contribution in [1.29, 1.82) is 0 Å². The Morgan fingerprint density at radius 2 is 2.14 bits per heavy atom. The van der Waals surface area contributed by atoms with Crippen LogP contribution in [0.3, 0.4) is 0 Å². The van der Waals surface area contributed by atoms with Gasteiger partial charge in [-0.2, -0.15) is 0 Å². The minimum Gasteiger partial charge on any atom is -0.348 e. The van der Waals surface area contributed by atoms with Gasteiger partial charge in [-0.3, -0.25) is 14.2 Å². The van der Waals surface area contributed by atoms with Crippen molar-refractivity contribution < 1.29 is 4.79 Å². The predicted octanol–water partition coefficient (Wildman–Crippen LogP) is 2.47. The molecule has 1 heterocycles. The first-order chi connectivity index (χ1) is 10.2. The third-order valence-corrected chi connectivity index (χ3v) is 4.00. The lowest BCUT2D eigenvalue weighted by molar-refractivity contribution is 0.0907. The van der Waals surface area contributed by atoms with E-state index in [2.05, 4.69) is 11.9 Å². The maximum absolute atomic E-state index is 12.5. The molecule has 1 amide bonds. The summed E-state index contributed by atoms with van der Waals surface area (Å²) in [6, 6.07) is 9.37. The second-order valence-electron chi connectivity index (χ2n) is 5.42. The zero-order valence-electron chi connectivity index (χ0n) is 11.8.